The van der Waals surface area contributed by atoms with Gasteiger partial charge in [0, 0.05) is 0 Å². The van der Waals surface area contributed by atoms with Crippen molar-refractivity contribution in [3.63, 3.8) is 0 Å². The molecule has 38 heavy (non-hydrogen) atoms. The van der Waals surface area contributed by atoms with Crippen LogP contribution in [0.25, 0.3) is 22.4 Å². The van der Waals surface area contributed by atoms with Gasteiger partial charge in [-0.2, -0.15) is 0 Å². The number of hydrogen-bond donors (Lipinski definition) is 0. The van der Waals surface area contributed by atoms with Crippen LogP contribution >= 0.6 is 0 Å². The van der Waals surface area contributed by atoms with Crippen LogP contribution in [0.3, 0.4) is 0 Å². The molecule has 3 aromatic rings. The Balaban J connectivity index is 1.88. The molecular weight excluding hydrogens is 567 g/mol. The maximum absolute atomic E-state index is 6.78. The molecule has 0 aliphatic heterocycles. The fraction of sp³-hybridized carbons (Fsp3) is 0.444. The van der Waals surface area contributed by atoms with E-state index in [4.69, 9.17) is 4.74 Å². The molecule has 0 N–H and O–H groups in total. The van der Waals surface area contributed by atoms with Crippen LogP contribution in [0.4, 0.5) is 0 Å². The zero-order valence-corrected chi connectivity index (χ0v) is 26.9. The second kappa shape index (κ2) is 12.6. The van der Waals surface area contributed by atoms with E-state index in [0.717, 1.165) is 6.42 Å². The van der Waals surface area contributed by atoms with Gasteiger partial charge in [0.05, 0.1) is 0 Å². The number of ether oxygens (including phenoxy) is 1. The molecule has 2 aliphatic rings. The molecule has 2 unspecified atom stereocenters. The number of unbranched alkanes of at least 4 members (excludes halogenated alkanes) is 3. The third-order valence-corrected chi connectivity index (χ3v) is 25.3. The van der Waals surface area contributed by atoms with Crippen LogP contribution in [-0.2, 0) is 4.74 Å². The molecular formula is C36H46OSn. The van der Waals surface area contributed by atoms with Crippen LogP contribution in [0.5, 0.6) is 0 Å². The van der Waals surface area contributed by atoms with Gasteiger partial charge in [-0.05, 0) is 0 Å². The van der Waals surface area contributed by atoms with Crippen molar-refractivity contribution in [2.75, 3.05) is 7.11 Å². The molecule has 0 spiro atoms. The van der Waals surface area contributed by atoms with Crippen LogP contribution < -0.4 is 0 Å². The van der Waals surface area contributed by atoms with Crippen molar-refractivity contribution in [2.45, 2.75) is 91.0 Å². The molecule has 0 saturated heterocycles. The van der Waals surface area contributed by atoms with Gasteiger partial charge >= 0.3 is 236 Å². The number of benzene rings is 3. The van der Waals surface area contributed by atoms with Crippen LogP contribution in [0.15, 0.2) is 70.3 Å². The second-order valence-corrected chi connectivity index (χ2v) is 24.7. The summed E-state index contributed by atoms with van der Waals surface area (Å²) in [6.07, 6.45) is 14.0. The fourth-order valence-corrected chi connectivity index (χ4v) is 25.7. The molecule has 200 valence electrons. The summed E-state index contributed by atoms with van der Waals surface area (Å²) in [7, 11) is 2.00. The molecule has 1 nitrogen and oxygen atoms in total. The van der Waals surface area contributed by atoms with E-state index in [1.165, 1.54) is 79.3 Å². The average Bonchev–Trinajstić information content (AvgIpc) is 2.97. The topological polar surface area (TPSA) is 9.23 Å². The normalized spacial score (nSPS) is 18.7. The van der Waals surface area contributed by atoms with E-state index < -0.39 is 18.4 Å². The van der Waals surface area contributed by atoms with E-state index in [0.29, 0.717) is 5.92 Å². The van der Waals surface area contributed by atoms with Gasteiger partial charge < -0.3 is 0 Å². The molecule has 0 aromatic heterocycles. The molecule has 5 rings (SSSR count). The Kier molecular flexibility index (Phi) is 9.16. The molecule has 2 aliphatic carbocycles. The summed E-state index contributed by atoms with van der Waals surface area (Å²) < 4.78 is 13.0. The van der Waals surface area contributed by atoms with E-state index in [1.54, 1.807) is 11.1 Å². The van der Waals surface area contributed by atoms with Crippen molar-refractivity contribution >= 4 is 40.8 Å². The van der Waals surface area contributed by atoms with Gasteiger partial charge in [-0.1, -0.05) is 0 Å². The first-order valence-corrected chi connectivity index (χ1v) is 22.7. The standard InChI is InChI=1S/C24H19O.3C4H9.Sn/c1-25-22-15-21(16-8-3-2-4-9-16)20-13-7-11-18-14-17-10-5-6-12-19(17)24(22)23(18)20;3*1-3-4-2;/h2-12,14,20,22H,13H2,1H3;3*1,3-4H2,2H3;. The summed E-state index contributed by atoms with van der Waals surface area (Å²) in [5, 5.41) is 2.76. The van der Waals surface area contributed by atoms with E-state index in [1.807, 2.05) is 10.7 Å². The third-order valence-electron chi connectivity index (χ3n) is 9.26. The molecule has 0 heterocycles. The number of rotatable bonds is 12. The molecule has 2 heteroatoms. The van der Waals surface area contributed by atoms with Gasteiger partial charge in [0.15, 0.2) is 0 Å². The molecule has 2 atom stereocenters. The number of allylic oxidation sites excluding steroid dienone is 2. The fourth-order valence-electron chi connectivity index (χ4n) is 7.51. The quantitative estimate of drug-likeness (QED) is 0.185. The molecule has 0 bridgehead atoms. The Morgan fingerprint density at radius 3 is 2.05 bits per heavy atom. The zero-order valence-electron chi connectivity index (χ0n) is 24.1. The summed E-state index contributed by atoms with van der Waals surface area (Å²) >= 11 is -2.90. The van der Waals surface area contributed by atoms with Crippen LogP contribution in [-0.4, -0.2) is 25.5 Å². The van der Waals surface area contributed by atoms with Crippen molar-refractivity contribution in [1.29, 1.82) is 0 Å². The third kappa shape index (κ3) is 5.06. The van der Waals surface area contributed by atoms with Gasteiger partial charge in [0.25, 0.3) is 0 Å². The Bertz CT molecular complexity index is 1280. The van der Waals surface area contributed by atoms with Gasteiger partial charge in [-0.25, -0.2) is 0 Å². The number of methoxy groups -OCH3 is 1. The summed E-state index contributed by atoms with van der Waals surface area (Å²) in [5.74, 6) is 0.430. The van der Waals surface area contributed by atoms with Gasteiger partial charge in [-0.15, -0.1) is 0 Å². The molecule has 0 fully saturated rings. The number of hydrogen-bond acceptors (Lipinski definition) is 1. The summed E-state index contributed by atoms with van der Waals surface area (Å²) in [4.78, 5) is 0. The Morgan fingerprint density at radius 2 is 1.42 bits per heavy atom. The van der Waals surface area contributed by atoms with Crippen molar-refractivity contribution in [3.8, 4) is 0 Å². The van der Waals surface area contributed by atoms with Gasteiger partial charge in [-0.3, -0.25) is 0 Å². The Labute approximate surface area is 235 Å². The van der Waals surface area contributed by atoms with Crippen LogP contribution in [0, 0.1) is 0 Å². The van der Waals surface area contributed by atoms with Crippen molar-refractivity contribution < 1.29 is 4.74 Å². The summed E-state index contributed by atoms with van der Waals surface area (Å²) in [5.41, 5.74) is 7.54. The minimum absolute atomic E-state index is 0.0779. The monoisotopic (exact) mass is 614 g/mol. The van der Waals surface area contributed by atoms with E-state index in [9.17, 15) is 0 Å². The van der Waals surface area contributed by atoms with Crippen LogP contribution in [0.1, 0.15) is 100.0 Å². The SMILES string of the molecule is CCC[CH2][Sn]([CH2]CCC)([CH2]CCC)[C]1=C(c2ccccc2)C2CC=Cc3cc4ccccc4c(c32)C1OC. The van der Waals surface area contributed by atoms with E-state index >= 15 is 0 Å². The predicted octanol–water partition coefficient (Wildman–Crippen LogP) is 10.9. The predicted molar refractivity (Wildman–Crippen MR) is 168 cm³/mol. The Hall–Kier alpha value is -1.84. The second-order valence-electron chi connectivity index (χ2n) is 11.6. The molecule has 0 saturated carbocycles. The van der Waals surface area contributed by atoms with E-state index in [-0.39, 0.29) is 6.10 Å². The van der Waals surface area contributed by atoms with Crippen molar-refractivity contribution in [3.05, 3.63) is 92.6 Å². The number of fused-ring (bicyclic) bond motifs is 2. The summed E-state index contributed by atoms with van der Waals surface area (Å²) in [6.45, 7) is 7.16. The average molecular weight is 613 g/mol. The molecule has 0 radical (unpaired) electrons. The van der Waals surface area contributed by atoms with Crippen LogP contribution in [0.2, 0.25) is 13.3 Å². The first-order valence-electron chi connectivity index (χ1n) is 15.2. The maximum atomic E-state index is 6.78. The molecule has 0 amide bonds. The summed E-state index contributed by atoms with van der Waals surface area (Å²) in [6, 6.07) is 23.0. The van der Waals surface area contributed by atoms with Crippen molar-refractivity contribution in [2.24, 2.45) is 0 Å². The van der Waals surface area contributed by atoms with Gasteiger partial charge in [0.1, 0.15) is 0 Å². The van der Waals surface area contributed by atoms with Crippen molar-refractivity contribution in [1.82, 2.24) is 0 Å². The minimum atomic E-state index is -2.90. The first kappa shape index (κ1) is 27.7. The first-order chi connectivity index (χ1) is 18.7. The molecule has 3 aromatic carbocycles. The zero-order chi connectivity index (χ0) is 26.5. The Morgan fingerprint density at radius 1 is 0.789 bits per heavy atom. The van der Waals surface area contributed by atoms with Gasteiger partial charge in [0.2, 0.25) is 0 Å². The van der Waals surface area contributed by atoms with E-state index in [2.05, 4.69) is 93.6 Å².